The first-order valence-corrected chi connectivity index (χ1v) is 5.14. The van der Waals surface area contributed by atoms with Crippen LogP contribution in [-0.4, -0.2) is 18.5 Å². The topological polar surface area (TPSA) is 12.0 Å². The van der Waals surface area contributed by atoms with Gasteiger partial charge in [-0.3, -0.25) is 0 Å². The molecule has 0 amide bonds. The Morgan fingerprint density at radius 3 is 1.67 bits per heavy atom. The summed E-state index contributed by atoms with van der Waals surface area (Å²) >= 11 is 0. The van der Waals surface area contributed by atoms with Crippen LogP contribution < -0.4 is 4.86 Å². The molecule has 0 aromatic heterocycles. The molecule has 6 heavy (non-hydrogen) atoms. The van der Waals surface area contributed by atoms with Crippen LogP contribution in [0.2, 0.25) is 0 Å². The van der Waals surface area contributed by atoms with Crippen molar-refractivity contribution in [3.8, 4) is 0 Å². The van der Waals surface area contributed by atoms with Gasteiger partial charge in [-0.05, 0) is 0 Å². The van der Waals surface area contributed by atoms with Crippen molar-refractivity contribution in [3.05, 3.63) is 0 Å². The third kappa shape index (κ3) is 0.680. The molecule has 1 N–H and O–H groups in total. The van der Waals surface area contributed by atoms with Crippen molar-refractivity contribution in [1.82, 2.24) is 4.86 Å². The van der Waals surface area contributed by atoms with Gasteiger partial charge in [0.15, 0.2) is 0 Å². The second kappa shape index (κ2) is 1.42. The molecule has 1 nitrogen and oxygen atoms in total. The van der Waals surface area contributed by atoms with E-state index < -0.39 is 0 Å². The Kier molecular flexibility index (Phi) is 1.06. The first-order chi connectivity index (χ1) is 2.79. The zero-order valence-electron chi connectivity index (χ0n) is 3.52. The minimum absolute atomic E-state index is 0.00926. The summed E-state index contributed by atoms with van der Waals surface area (Å²) in [5, 5.41) is 0. The molecule has 1 rings (SSSR count). The van der Waals surface area contributed by atoms with Crippen molar-refractivity contribution < 1.29 is 0 Å². The molecule has 2 atom stereocenters. The van der Waals surface area contributed by atoms with Gasteiger partial charge in [0.1, 0.15) is 0 Å². The molecule has 2 unspecified atom stereocenters. The lowest BCUT2D eigenvalue weighted by atomic mass is 11.9. The Balaban J connectivity index is 2.47. The zero-order chi connectivity index (χ0) is 4.57. The summed E-state index contributed by atoms with van der Waals surface area (Å²) in [5.41, 5.74) is 0. The molecule has 32 valence electrons. The standard InChI is InChI=1S/C3H7NP2/c1-5-3-6(2)4-5/h4H,1-3H2/q+2. The summed E-state index contributed by atoms with van der Waals surface area (Å²) in [7, 11) is 0.0185. The third-order valence-electron chi connectivity index (χ3n) is 0.624. The molecule has 0 radical (unpaired) electrons. The van der Waals surface area contributed by atoms with Crippen LogP contribution in [0.1, 0.15) is 0 Å². The molecular formula is C3H7NP2+2. The third-order valence-corrected chi connectivity index (χ3v) is 5.62. The van der Waals surface area contributed by atoms with Crippen LogP contribution in [-0.2, 0) is 0 Å². The maximum atomic E-state index is 3.82. The van der Waals surface area contributed by atoms with Crippen molar-refractivity contribution >= 4 is 28.0 Å². The average molecular weight is 119 g/mol. The summed E-state index contributed by atoms with van der Waals surface area (Å²) in [4.78, 5) is 3.21. The molecule has 0 spiro atoms. The molecule has 0 aliphatic carbocycles. The number of hydrogen-bond donors (Lipinski definition) is 1. The van der Waals surface area contributed by atoms with Gasteiger partial charge in [-0.2, -0.15) is 0 Å². The van der Waals surface area contributed by atoms with Gasteiger partial charge in [-0.25, -0.2) is 0 Å². The van der Waals surface area contributed by atoms with Crippen LogP contribution in [0, 0.1) is 0 Å². The Hall–Kier alpha value is 0.300. The predicted molar refractivity (Wildman–Crippen MR) is 36.1 cm³/mol. The lowest BCUT2D eigenvalue weighted by Gasteiger charge is -1.91. The lowest BCUT2D eigenvalue weighted by Crippen LogP contribution is -2.03. The van der Waals surface area contributed by atoms with E-state index in [4.69, 9.17) is 0 Å². The summed E-state index contributed by atoms with van der Waals surface area (Å²) < 4.78 is 0. The van der Waals surface area contributed by atoms with Crippen molar-refractivity contribution in [1.29, 1.82) is 0 Å². The minimum Gasteiger partial charge on any atom is 0.0381 e. The summed E-state index contributed by atoms with van der Waals surface area (Å²) in [6.45, 7) is 0. The molecule has 0 saturated carbocycles. The van der Waals surface area contributed by atoms with Crippen LogP contribution in [0.3, 0.4) is 0 Å². The molecule has 0 aromatic carbocycles. The Labute approximate surface area is 39.6 Å². The fourth-order valence-electron chi connectivity index (χ4n) is 0.391. The van der Waals surface area contributed by atoms with Crippen LogP contribution >= 0.6 is 15.4 Å². The molecular weight excluding hydrogens is 112 g/mol. The normalized spacial score (nSPS) is 32.7. The second-order valence-electron chi connectivity index (χ2n) is 1.32. The highest BCUT2D eigenvalue weighted by Crippen LogP contribution is 2.44. The van der Waals surface area contributed by atoms with Gasteiger partial charge in [0.05, 0.1) is 12.6 Å². The Morgan fingerprint density at radius 2 is 1.67 bits per heavy atom. The van der Waals surface area contributed by atoms with E-state index in [0.29, 0.717) is 0 Å². The van der Waals surface area contributed by atoms with Gasteiger partial charge in [-0.1, -0.05) is 0 Å². The summed E-state index contributed by atoms with van der Waals surface area (Å²) in [6, 6.07) is 0. The quantitative estimate of drug-likeness (QED) is 0.472. The van der Waals surface area contributed by atoms with Gasteiger partial charge < -0.3 is 0 Å². The van der Waals surface area contributed by atoms with E-state index in [1.807, 2.05) is 0 Å². The van der Waals surface area contributed by atoms with Crippen molar-refractivity contribution in [2.45, 2.75) is 0 Å². The van der Waals surface area contributed by atoms with Crippen LogP contribution in [0.25, 0.3) is 0 Å². The van der Waals surface area contributed by atoms with E-state index in [1.54, 1.807) is 0 Å². The first kappa shape index (κ1) is 4.46. The molecule has 0 aromatic rings. The molecule has 1 aliphatic rings. The molecule has 1 fully saturated rings. The van der Waals surface area contributed by atoms with E-state index in [1.165, 1.54) is 5.90 Å². The lowest BCUT2D eigenvalue weighted by molar-refractivity contribution is 1.59. The predicted octanol–water partition coefficient (Wildman–Crippen LogP) is 1.20. The molecule has 1 aliphatic heterocycles. The monoisotopic (exact) mass is 119 g/mol. The molecule has 0 bridgehead atoms. The fourth-order valence-corrected chi connectivity index (χ4v) is 3.52. The Bertz CT molecular complexity index is 85.4. The van der Waals surface area contributed by atoms with Crippen LogP contribution in [0.5, 0.6) is 0 Å². The Morgan fingerprint density at radius 1 is 1.33 bits per heavy atom. The first-order valence-electron chi connectivity index (χ1n) is 1.71. The van der Waals surface area contributed by atoms with Gasteiger partial charge in [0, 0.05) is 4.86 Å². The van der Waals surface area contributed by atoms with E-state index in [9.17, 15) is 0 Å². The fraction of sp³-hybridized carbons (Fsp3) is 0.333. The van der Waals surface area contributed by atoms with Crippen LogP contribution in [0.15, 0.2) is 0 Å². The van der Waals surface area contributed by atoms with E-state index in [-0.39, 0.29) is 15.4 Å². The van der Waals surface area contributed by atoms with E-state index in [2.05, 4.69) is 17.5 Å². The molecule has 3 heteroatoms. The molecule has 1 heterocycles. The zero-order valence-corrected chi connectivity index (χ0v) is 5.30. The van der Waals surface area contributed by atoms with Gasteiger partial charge in [0.25, 0.3) is 21.3 Å². The number of nitrogens with one attached hydrogen (secondary N) is 1. The average Bonchev–Trinajstić information content (AvgIpc) is 1.33. The van der Waals surface area contributed by atoms with Crippen molar-refractivity contribution in [3.63, 3.8) is 0 Å². The summed E-state index contributed by atoms with van der Waals surface area (Å²) in [6.07, 6.45) is 7.65. The SMILES string of the molecule is C=[P+]1C[P+](=C)N1. The minimum atomic E-state index is 0.00926. The highest BCUT2D eigenvalue weighted by atomic mass is 31.2. The summed E-state index contributed by atoms with van der Waals surface area (Å²) in [5.74, 6) is 1.27. The maximum absolute atomic E-state index is 3.82. The second-order valence-corrected chi connectivity index (χ2v) is 5.41. The number of rotatable bonds is 0. The van der Waals surface area contributed by atoms with Crippen molar-refractivity contribution in [2.24, 2.45) is 0 Å². The largest absolute Gasteiger partial charge is 0.295 e. The number of hydrogen-bond acceptors (Lipinski definition) is 1. The molecule has 1 saturated heterocycles. The smallest absolute Gasteiger partial charge is 0.0381 e. The van der Waals surface area contributed by atoms with Gasteiger partial charge in [-0.15, -0.1) is 0 Å². The van der Waals surface area contributed by atoms with Gasteiger partial charge in [0.2, 0.25) is 0 Å². The van der Waals surface area contributed by atoms with E-state index >= 15 is 0 Å². The van der Waals surface area contributed by atoms with Crippen LogP contribution in [0.4, 0.5) is 0 Å². The highest BCUT2D eigenvalue weighted by Gasteiger charge is 2.34. The maximum Gasteiger partial charge on any atom is 0.295 e. The van der Waals surface area contributed by atoms with Crippen molar-refractivity contribution in [2.75, 3.05) is 5.90 Å². The van der Waals surface area contributed by atoms with Gasteiger partial charge >= 0.3 is 0 Å². The van der Waals surface area contributed by atoms with E-state index in [0.717, 1.165) is 0 Å². The highest BCUT2D eigenvalue weighted by molar-refractivity contribution is 7.84.